The highest BCUT2D eigenvalue weighted by atomic mass is 19.1. The molecule has 0 atom stereocenters. The van der Waals surface area contributed by atoms with Crippen LogP contribution < -0.4 is 5.32 Å². The molecule has 0 unspecified atom stereocenters. The molecular weight excluding hydrogens is 285 g/mol. The molecule has 0 fully saturated rings. The molecule has 0 aliphatic carbocycles. The average Bonchev–Trinajstić information content (AvgIpc) is 3.03. The average molecular weight is 297 g/mol. The first-order valence-electron chi connectivity index (χ1n) is 6.53. The van der Waals surface area contributed by atoms with Crippen molar-refractivity contribution in [1.29, 1.82) is 0 Å². The van der Waals surface area contributed by atoms with Gasteiger partial charge in [-0.25, -0.2) is 13.9 Å². The van der Waals surface area contributed by atoms with Crippen molar-refractivity contribution in [3.63, 3.8) is 0 Å². The minimum absolute atomic E-state index is 0.125. The number of aromatic nitrogens is 2. The molecular formula is C16H12FN3O2. The van der Waals surface area contributed by atoms with Gasteiger partial charge in [0.2, 0.25) is 0 Å². The predicted octanol–water partition coefficient (Wildman–Crippen LogP) is 3.45. The number of nitrogens with zero attached hydrogens (tertiary/aromatic N) is 2. The van der Waals surface area contributed by atoms with E-state index in [1.807, 2.05) is 0 Å². The van der Waals surface area contributed by atoms with Crippen LogP contribution in [0.15, 0.2) is 60.9 Å². The Morgan fingerprint density at radius 2 is 1.95 bits per heavy atom. The number of anilines is 2. The summed E-state index contributed by atoms with van der Waals surface area (Å²) in [6.45, 7) is 0. The number of hydrogen-bond acceptors (Lipinski definition) is 3. The Hall–Kier alpha value is -3.15. The number of halogens is 1. The van der Waals surface area contributed by atoms with E-state index in [-0.39, 0.29) is 11.4 Å². The molecule has 0 aliphatic rings. The number of carbonyl (C=O) groups is 1. The van der Waals surface area contributed by atoms with Crippen LogP contribution in [-0.2, 0) is 0 Å². The lowest BCUT2D eigenvalue weighted by atomic mass is 10.1. The number of benzene rings is 2. The minimum Gasteiger partial charge on any atom is -0.478 e. The second-order valence-electron chi connectivity index (χ2n) is 4.62. The molecule has 0 saturated carbocycles. The van der Waals surface area contributed by atoms with Crippen molar-refractivity contribution < 1.29 is 14.3 Å². The molecule has 1 heterocycles. The molecule has 2 N–H and O–H groups in total. The van der Waals surface area contributed by atoms with Gasteiger partial charge in [0, 0.05) is 18.1 Å². The quantitative estimate of drug-likeness (QED) is 0.774. The van der Waals surface area contributed by atoms with Gasteiger partial charge in [-0.1, -0.05) is 0 Å². The van der Waals surface area contributed by atoms with Crippen LogP contribution in [0, 0.1) is 5.82 Å². The molecule has 0 bridgehead atoms. The van der Waals surface area contributed by atoms with Crippen molar-refractivity contribution in [1.82, 2.24) is 9.78 Å². The van der Waals surface area contributed by atoms with E-state index in [1.165, 1.54) is 18.2 Å². The first-order valence-corrected chi connectivity index (χ1v) is 6.53. The maximum Gasteiger partial charge on any atom is 0.337 e. The summed E-state index contributed by atoms with van der Waals surface area (Å²) in [5.41, 5.74) is 1.86. The van der Waals surface area contributed by atoms with E-state index < -0.39 is 5.97 Å². The van der Waals surface area contributed by atoms with Crippen LogP contribution in [0.25, 0.3) is 5.69 Å². The Morgan fingerprint density at radius 3 is 2.59 bits per heavy atom. The highest BCUT2D eigenvalue weighted by molar-refractivity contribution is 5.95. The largest absolute Gasteiger partial charge is 0.478 e. The Morgan fingerprint density at radius 1 is 1.18 bits per heavy atom. The van der Waals surface area contributed by atoms with E-state index in [0.29, 0.717) is 11.4 Å². The van der Waals surface area contributed by atoms with Crippen LogP contribution in [0.4, 0.5) is 15.8 Å². The summed E-state index contributed by atoms with van der Waals surface area (Å²) in [5.74, 6) is -1.40. The van der Waals surface area contributed by atoms with Gasteiger partial charge in [-0.15, -0.1) is 0 Å². The van der Waals surface area contributed by atoms with E-state index >= 15 is 0 Å². The summed E-state index contributed by atoms with van der Waals surface area (Å²) >= 11 is 0. The summed E-state index contributed by atoms with van der Waals surface area (Å²) in [5, 5.41) is 16.4. The summed E-state index contributed by atoms with van der Waals surface area (Å²) in [4.78, 5) is 11.3. The molecule has 0 spiro atoms. The maximum atomic E-state index is 12.9. The molecule has 3 aromatic rings. The molecule has 5 nitrogen and oxygen atoms in total. The first kappa shape index (κ1) is 13.8. The van der Waals surface area contributed by atoms with Gasteiger partial charge in [-0.05, 0) is 48.5 Å². The van der Waals surface area contributed by atoms with Crippen molar-refractivity contribution in [2.75, 3.05) is 5.32 Å². The fourth-order valence-corrected chi connectivity index (χ4v) is 2.07. The lowest BCUT2D eigenvalue weighted by molar-refractivity contribution is 0.0698. The lowest BCUT2D eigenvalue weighted by Crippen LogP contribution is -2.05. The topological polar surface area (TPSA) is 67.1 Å². The Balaban J connectivity index is 2.01. The molecule has 0 aliphatic heterocycles. The van der Waals surface area contributed by atoms with Crippen LogP contribution in [0.5, 0.6) is 0 Å². The third-order valence-electron chi connectivity index (χ3n) is 3.13. The third-order valence-corrected chi connectivity index (χ3v) is 3.13. The van der Waals surface area contributed by atoms with Gasteiger partial charge in [-0.3, -0.25) is 0 Å². The molecule has 0 saturated heterocycles. The van der Waals surface area contributed by atoms with Crippen LogP contribution in [0.1, 0.15) is 10.4 Å². The number of hydrogen-bond donors (Lipinski definition) is 2. The lowest BCUT2D eigenvalue weighted by Gasteiger charge is -2.12. The van der Waals surface area contributed by atoms with Crippen molar-refractivity contribution in [2.45, 2.75) is 0 Å². The van der Waals surface area contributed by atoms with E-state index in [0.717, 1.165) is 5.69 Å². The molecule has 3 rings (SSSR count). The summed E-state index contributed by atoms with van der Waals surface area (Å²) < 4.78 is 14.6. The number of carboxylic acid groups (broad SMARTS) is 1. The maximum absolute atomic E-state index is 12.9. The fourth-order valence-electron chi connectivity index (χ4n) is 2.07. The zero-order valence-corrected chi connectivity index (χ0v) is 11.4. The summed E-state index contributed by atoms with van der Waals surface area (Å²) in [6.07, 6.45) is 3.40. The van der Waals surface area contributed by atoms with Crippen LogP contribution in [-0.4, -0.2) is 20.9 Å². The molecule has 6 heteroatoms. The molecule has 0 radical (unpaired) electrons. The van der Waals surface area contributed by atoms with E-state index in [9.17, 15) is 14.3 Å². The molecule has 2 aromatic carbocycles. The first-order chi connectivity index (χ1) is 10.6. The molecule has 0 amide bonds. The standard InChI is InChI=1S/C16H12FN3O2/c17-11-2-4-12(5-3-11)19-15-10-13(20-9-1-8-18-20)6-7-14(15)16(21)22/h1-10,19H,(H,21,22). The fraction of sp³-hybridized carbons (Fsp3) is 0. The van der Waals surface area contributed by atoms with Crippen molar-refractivity contribution >= 4 is 17.3 Å². The second-order valence-corrected chi connectivity index (χ2v) is 4.62. The van der Waals surface area contributed by atoms with Crippen LogP contribution >= 0.6 is 0 Å². The normalized spacial score (nSPS) is 10.4. The van der Waals surface area contributed by atoms with Gasteiger partial charge in [0.15, 0.2) is 0 Å². The number of rotatable bonds is 4. The van der Waals surface area contributed by atoms with Gasteiger partial charge in [0.25, 0.3) is 0 Å². The number of aromatic carboxylic acids is 1. The van der Waals surface area contributed by atoms with E-state index in [4.69, 9.17) is 0 Å². The molecule has 22 heavy (non-hydrogen) atoms. The monoisotopic (exact) mass is 297 g/mol. The number of nitrogens with one attached hydrogen (secondary N) is 1. The van der Waals surface area contributed by atoms with Gasteiger partial charge in [0.1, 0.15) is 5.82 Å². The Bertz CT molecular complexity index is 799. The highest BCUT2D eigenvalue weighted by Crippen LogP contribution is 2.24. The zero-order chi connectivity index (χ0) is 15.5. The van der Waals surface area contributed by atoms with Crippen molar-refractivity contribution in [3.8, 4) is 5.69 Å². The molecule has 110 valence electrons. The predicted molar refractivity (Wildman–Crippen MR) is 80.2 cm³/mol. The van der Waals surface area contributed by atoms with Crippen molar-refractivity contribution in [3.05, 3.63) is 72.3 Å². The Kier molecular flexibility index (Phi) is 3.57. The SMILES string of the molecule is O=C(O)c1ccc(-n2cccn2)cc1Nc1ccc(F)cc1. The van der Waals surface area contributed by atoms with E-state index in [1.54, 1.807) is 47.4 Å². The summed E-state index contributed by atoms with van der Waals surface area (Å²) in [6, 6.07) is 12.3. The van der Waals surface area contributed by atoms with Crippen LogP contribution in [0.2, 0.25) is 0 Å². The Labute approximate surface area is 125 Å². The highest BCUT2D eigenvalue weighted by Gasteiger charge is 2.12. The number of carboxylic acids is 1. The van der Waals surface area contributed by atoms with Gasteiger partial charge in [-0.2, -0.15) is 5.10 Å². The van der Waals surface area contributed by atoms with E-state index in [2.05, 4.69) is 10.4 Å². The van der Waals surface area contributed by atoms with Crippen LogP contribution in [0.3, 0.4) is 0 Å². The second kappa shape index (κ2) is 5.69. The van der Waals surface area contributed by atoms with Gasteiger partial charge in [0.05, 0.1) is 16.9 Å². The van der Waals surface area contributed by atoms with Gasteiger partial charge < -0.3 is 10.4 Å². The minimum atomic E-state index is -1.04. The molecule has 1 aromatic heterocycles. The summed E-state index contributed by atoms with van der Waals surface area (Å²) in [7, 11) is 0. The zero-order valence-electron chi connectivity index (χ0n) is 11.4. The van der Waals surface area contributed by atoms with Gasteiger partial charge >= 0.3 is 5.97 Å². The smallest absolute Gasteiger partial charge is 0.337 e. The van der Waals surface area contributed by atoms with Crippen molar-refractivity contribution in [2.24, 2.45) is 0 Å². The third kappa shape index (κ3) is 2.80.